The van der Waals surface area contributed by atoms with Gasteiger partial charge in [0, 0.05) is 31.4 Å². The van der Waals surface area contributed by atoms with Crippen LogP contribution in [0.4, 0.5) is 0 Å². The largest absolute Gasteiger partial charge is 0.347 e. The number of para-hydroxylation sites is 1. The predicted molar refractivity (Wildman–Crippen MR) is 123 cm³/mol. The highest BCUT2D eigenvalue weighted by Crippen LogP contribution is 2.28. The van der Waals surface area contributed by atoms with Gasteiger partial charge in [-0.15, -0.1) is 11.3 Å². The van der Waals surface area contributed by atoms with E-state index in [2.05, 4.69) is 15.4 Å². The highest BCUT2D eigenvalue weighted by atomic mass is 32.2. The second kappa shape index (κ2) is 7.85. The molecule has 0 unspecified atom stereocenters. The van der Waals surface area contributed by atoms with Gasteiger partial charge >= 0.3 is 0 Å². The summed E-state index contributed by atoms with van der Waals surface area (Å²) < 4.78 is 29.0. The lowest BCUT2D eigenvalue weighted by Crippen LogP contribution is -2.21. The first kappa shape index (κ1) is 20.3. The van der Waals surface area contributed by atoms with E-state index in [0.717, 1.165) is 21.0 Å². The van der Waals surface area contributed by atoms with E-state index in [1.165, 1.54) is 11.3 Å². The van der Waals surface area contributed by atoms with Gasteiger partial charge in [-0.25, -0.2) is 8.42 Å². The number of thiophene rings is 1. The third-order valence-corrected chi connectivity index (χ3v) is 8.13. The summed E-state index contributed by atoms with van der Waals surface area (Å²) in [5.74, 6) is -0.175. The van der Waals surface area contributed by atoms with Crippen molar-refractivity contribution in [2.45, 2.75) is 16.3 Å². The Morgan fingerprint density at radius 3 is 2.66 bits per heavy atom. The molecule has 0 aliphatic heterocycles. The molecule has 7 nitrogen and oxygen atoms in total. The summed E-state index contributed by atoms with van der Waals surface area (Å²) >= 11 is 1.39. The van der Waals surface area contributed by atoms with Crippen LogP contribution in [0.5, 0.6) is 0 Å². The van der Waals surface area contributed by atoms with Crippen LogP contribution in [0.15, 0.2) is 83.0 Å². The summed E-state index contributed by atoms with van der Waals surface area (Å²) in [6.45, 7) is 0.295. The third kappa shape index (κ3) is 3.55. The summed E-state index contributed by atoms with van der Waals surface area (Å²) in [4.78, 5) is 17.6. The van der Waals surface area contributed by atoms with Gasteiger partial charge in [-0.05, 0) is 41.3 Å². The number of amides is 1. The monoisotopic (exact) mass is 462 g/mol. The molecule has 0 saturated carbocycles. The fourth-order valence-corrected chi connectivity index (χ4v) is 6.05. The lowest BCUT2D eigenvalue weighted by molar-refractivity contribution is 0.0955. The van der Waals surface area contributed by atoms with Gasteiger partial charge in [-0.2, -0.15) is 5.10 Å². The maximum atomic E-state index is 13.2. The number of sulfone groups is 1. The molecule has 0 aliphatic carbocycles. The quantitative estimate of drug-likeness (QED) is 0.427. The van der Waals surface area contributed by atoms with Crippen molar-refractivity contribution in [3.8, 4) is 0 Å². The minimum atomic E-state index is -3.72. The number of rotatable bonds is 5. The minimum Gasteiger partial charge on any atom is -0.347 e. The zero-order valence-corrected chi connectivity index (χ0v) is 18.7. The summed E-state index contributed by atoms with van der Waals surface area (Å²) in [5, 5.41) is 8.80. The maximum absolute atomic E-state index is 13.2. The van der Waals surface area contributed by atoms with Gasteiger partial charge < -0.3 is 5.32 Å². The van der Waals surface area contributed by atoms with E-state index in [0.29, 0.717) is 16.9 Å². The first-order valence-corrected chi connectivity index (χ1v) is 12.1. The molecule has 5 aromatic rings. The molecule has 1 N–H and O–H groups in total. The predicted octanol–water partition coefficient (Wildman–Crippen LogP) is 3.95. The van der Waals surface area contributed by atoms with Crippen LogP contribution < -0.4 is 5.32 Å². The lowest BCUT2D eigenvalue weighted by Gasteiger charge is -2.09. The average molecular weight is 463 g/mol. The van der Waals surface area contributed by atoms with Gasteiger partial charge in [0.2, 0.25) is 9.84 Å². The molecular weight excluding hydrogens is 444 g/mol. The molecule has 3 aromatic heterocycles. The van der Waals surface area contributed by atoms with Crippen molar-refractivity contribution in [1.82, 2.24) is 20.1 Å². The van der Waals surface area contributed by atoms with Gasteiger partial charge in [0.05, 0.1) is 31.1 Å². The summed E-state index contributed by atoms with van der Waals surface area (Å²) in [5.41, 5.74) is 1.38. The summed E-state index contributed by atoms with van der Waals surface area (Å²) in [7, 11) is -1.99. The average Bonchev–Trinajstić information content (AvgIpc) is 3.41. The van der Waals surface area contributed by atoms with Crippen LogP contribution in [0.25, 0.3) is 21.0 Å². The minimum absolute atomic E-state index is 0.175. The van der Waals surface area contributed by atoms with Crippen molar-refractivity contribution in [3.63, 3.8) is 0 Å². The zero-order valence-electron chi connectivity index (χ0n) is 17.0. The third-order valence-electron chi connectivity index (χ3n) is 5.25. The van der Waals surface area contributed by atoms with Crippen molar-refractivity contribution < 1.29 is 13.2 Å². The van der Waals surface area contributed by atoms with Crippen molar-refractivity contribution in [2.75, 3.05) is 0 Å². The Bertz CT molecular complexity index is 1540. The number of nitrogens with one attached hydrogen (secondary N) is 1. The molecule has 0 aliphatic rings. The van der Waals surface area contributed by atoms with Crippen molar-refractivity contribution in [3.05, 3.63) is 83.6 Å². The van der Waals surface area contributed by atoms with E-state index in [4.69, 9.17) is 0 Å². The second-order valence-corrected chi connectivity index (χ2v) is 10.3. The number of nitrogens with zero attached hydrogens (tertiary/aromatic N) is 3. The molecule has 0 radical (unpaired) electrons. The molecule has 0 fully saturated rings. The Morgan fingerprint density at radius 1 is 1.06 bits per heavy atom. The Balaban J connectivity index is 1.34. The molecule has 9 heteroatoms. The maximum Gasteiger partial charge on any atom is 0.261 e. The summed E-state index contributed by atoms with van der Waals surface area (Å²) in [6, 6.07) is 15.4. The van der Waals surface area contributed by atoms with Crippen LogP contribution in [0.3, 0.4) is 0 Å². The normalized spacial score (nSPS) is 11.8. The number of hydrogen-bond donors (Lipinski definition) is 1. The van der Waals surface area contributed by atoms with Gasteiger partial charge in [-0.1, -0.05) is 24.3 Å². The fourth-order valence-electron chi connectivity index (χ4n) is 3.59. The van der Waals surface area contributed by atoms with E-state index in [9.17, 15) is 13.2 Å². The topological polar surface area (TPSA) is 94.0 Å². The molecule has 5 rings (SSSR count). The number of aryl methyl sites for hydroxylation is 1. The molecule has 1 amide bonds. The standard InChI is InChI=1S/C23H18N4O3S2/c1-27-22-17(13-26-27)3-2-4-21(22)32(29,30)18-7-5-15(6-8-18)12-25-23(28)19-11-16-9-10-24-14-20(16)31-19/h2-11,13-14H,12H2,1H3,(H,25,28). The SMILES string of the molecule is Cn1ncc2cccc(S(=O)(=O)c3ccc(CNC(=O)c4cc5ccncc5s4)cc3)c21. The van der Waals surface area contributed by atoms with Crippen molar-refractivity contribution in [2.24, 2.45) is 7.05 Å². The number of pyridine rings is 1. The van der Waals surface area contributed by atoms with Crippen LogP contribution in [0.2, 0.25) is 0 Å². The summed E-state index contributed by atoms with van der Waals surface area (Å²) in [6.07, 6.45) is 5.08. The Kier molecular flexibility index (Phi) is 4.99. The van der Waals surface area contributed by atoms with E-state index < -0.39 is 9.84 Å². The lowest BCUT2D eigenvalue weighted by atomic mass is 10.2. The van der Waals surface area contributed by atoms with Gasteiger partial charge in [0.25, 0.3) is 5.91 Å². The smallest absolute Gasteiger partial charge is 0.261 e. The van der Waals surface area contributed by atoms with Crippen molar-refractivity contribution in [1.29, 1.82) is 0 Å². The van der Waals surface area contributed by atoms with E-state index >= 15 is 0 Å². The van der Waals surface area contributed by atoms with Gasteiger partial charge in [0.1, 0.15) is 0 Å². The zero-order chi connectivity index (χ0) is 22.3. The highest BCUT2D eigenvalue weighted by molar-refractivity contribution is 7.91. The number of hydrogen-bond acceptors (Lipinski definition) is 6. The molecule has 160 valence electrons. The van der Waals surface area contributed by atoms with E-state index in [1.54, 1.807) is 66.7 Å². The Hall–Kier alpha value is -3.56. The van der Waals surface area contributed by atoms with Gasteiger partial charge in [-0.3, -0.25) is 14.5 Å². The number of carbonyl (C=O) groups excluding carboxylic acids is 1. The Labute approximate surface area is 188 Å². The molecule has 0 bridgehead atoms. The van der Waals surface area contributed by atoms with Crippen LogP contribution >= 0.6 is 11.3 Å². The number of fused-ring (bicyclic) bond motifs is 2. The molecular formula is C23H18N4O3S2. The molecule has 0 atom stereocenters. The molecule has 0 spiro atoms. The number of benzene rings is 2. The van der Waals surface area contributed by atoms with E-state index in [-0.39, 0.29) is 15.7 Å². The molecule has 2 aromatic carbocycles. The van der Waals surface area contributed by atoms with Crippen molar-refractivity contribution >= 4 is 48.1 Å². The van der Waals surface area contributed by atoms with E-state index in [1.807, 2.05) is 18.2 Å². The number of aromatic nitrogens is 3. The molecule has 0 saturated heterocycles. The first-order chi connectivity index (χ1) is 15.4. The van der Waals surface area contributed by atoms with Crippen LogP contribution in [-0.4, -0.2) is 29.1 Å². The highest BCUT2D eigenvalue weighted by Gasteiger charge is 2.22. The van der Waals surface area contributed by atoms with Crippen LogP contribution in [0.1, 0.15) is 15.2 Å². The Morgan fingerprint density at radius 2 is 1.88 bits per heavy atom. The van der Waals surface area contributed by atoms with Crippen LogP contribution in [0, 0.1) is 0 Å². The second-order valence-electron chi connectivity index (χ2n) is 7.32. The van der Waals surface area contributed by atoms with Crippen LogP contribution in [-0.2, 0) is 23.4 Å². The van der Waals surface area contributed by atoms with Gasteiger partial charge in [0.15, 0.2) is 0 Å². The molecule has 32 heavy (non-hydrogen) atoms. The number of carbonyl (C=O) groups is 1. The first-order valence-electron chi connectivity index (χ1n) is 9.80. The fraction of sp³-hybridized carbons (Fsp3) is 0.0870. The molecule has 3 heterocycles.